The molecule has 39 heavy (non-hydrogen) atoms. The number of thioether (sulfide) groups is 1. The van der Waals surface area contributed by atoms with Gasteiger partial charge in [-0.3, -0.25) is 9.36 Å². The van der Waals surface area contributed by atoms with Gasteiger partial charge in [0.2, 0.25) is 0 Å². The van der Waals surface area contributed by atoms with Gasteiger partial charge in [-0.2, -0.15) is 0 Å². The average molecular weight is 557 g/mol. The normalized spacial score (nSPS) is 15.1. The Kier molecular flexibility index (Phi) is 8.14. The molecule has 0 N–H and O–H groups in total. The van der Waals surface area contributed by atoms with E-state index in [1.54, 1.807) is 23.3 Å². The van der Waals surface area contributed by atoms with Crippen molar-refractivity contribution >= 4 is 40.8 Å². The highest BCUT2D eigenvalue weighted by atomic mass is 32.2. The lowest BCUT2D eigenvalue weighted by atomic mass is 9.93. The second-order valence-electron chi connectivity index (χ2n) is 8.68. The fourth-order valence-corrected chi connectivity index (χ4v) is 5.97. The molecule has 0 saturated heterocycles. The maximum absolute atomic E-state index is 14.0. The minimum absolute atomic E-state index is 0.209. The van der Waals surface area contributed by atoms with Gasteiger partial charge in [0.15, 0.2) is 4.80 Å². The molecule has 0 radical (unpaired) electrons. The van der Waals surface area contributed by atoms with Crippen molar-refractivity contribution in [1.29, 1.82) is 0 Å². The molecule has 8 heteroatoms. The molecule has 0 amide bonds. The van der Waals surface area contributed by atoms with E-state index in [0.717, 1.165) is 21.6 Å². The van der Waals surface area contributed by atoms with E-state index in [-0.39, 0.29) is 12.2 Å². The van der Waals surface area contributed by atoms with Gasteiger partial charge >= 0.3 is 5.97 Å². The quantitative estimate of drug-likeness (QED) is 0.224. The summed E-state index contributed by atoms with van der Waals surface area (Å²) < 4.78 is 13.4. The van der Waals surface area contributed by atoms with Crippen molar-refractivity contribution in [2.75, 3.05) is 19.5 Å². The molecule has 4 aromatic rings. The van der Waals surface area contributed by atoms with Gasteiger partial charge in [0.05, 0.1) is 35.1 Å². The van der Waals surface area contributed by atoms with E-state index in [4.69, 9.17) is 14.5 Å². The zero-order valence-electron chi connectivity index (χ0n) is 21.9. The van der Waals surface area contributed by atoms with Crippen molar-refractivity contribution < 1.29 is 14.3 Å². The number of nitrogens with zero attached hydrogens (tertiary/aromatic N) is 2. The highest BCUT2D eigenvalue weighted by Gasteiger charge is 2.35. The minimum Gasteiger partial charge on any atom is -0.493 e. The topological polar surface area (TPSA) is 69.9 Å². The Morgan fingerprint density at radius 2 is 1.72 bits per heavy atom. The number of hydrogen-bond acceptors (Lipinski definition) is 7. The van der Waals surface area contributed by atoms with Gasteiger partial charge in [-0.25, -0.2) is 9.79 Å². The lowest BCUT2D eigenvalue weighted by Gasteiger charge is -2.26. The number of benzene rings is 3. The van der Waals surface area contributed by atoms with E-state index < -0.39 is 12.0 Å². The molecule has 2 heterocycles. The number of fused-ring (bicyclic) bond motifs is 1. The van der Waals surface area contributed by atoms with Crippen LogP contribution in [0.25, 0.3) is 11.8 Å². The van der Waals surface area contributed by atoms with Gasteiger partial charge in [0.25, 0.3) is 5.56 Å². The molecule has 0 bridgehead atoms. The molecule has 1 atom stereocenters. The van der Waals surface area contributed by atoms with Crippen LogP contribution in [0.5, 0.6) is 5.75 Å². The first kappa shape index (κ1) is 26.7. The van der Waals surface area contributed by atoms with Crippen molar-refractivity contribution in [3.8, 4) is 5.75 Å². The third kappa shape index (κ3) is 5.35. The van der Waals surface area contributed by atoms with Crippen LogP contribution in [0.4, 0.5) is 0 Å². The number of carbonyl (C=O) groups excluding carboxylic acids is 1. The van der Waals surface area contributed by atoms with E-state index in [2.05, 4.69) is 0 Å². The molecule has 1 aliphatic rings. The summed E-state index contributed by atoms with van der Waals surface area (Å²) in [6, 6.07) is 24.4. The van der Waals surface area contributed by atoms with Gasteiger partial charge in [-0.15, -0.1) is 11.8 Å². The Hall–Kier alpha value is -3.88. The van der Waals surface area contributed by atoms with Crippen LogP contribution in [0.1, 0.15) is 36.6 Å². The van der Waals surface area contributed by atoms with Crippen LogP contribution in [0.2, 0.25) is 0 Å². The predicted molar refractivity (Wildman–Crippen MR) is 157 cm³/mol. The summed E-state index contributed by atoms with van der Waals surface area (Å²) in [6.07, 6.45) is 3.84. The third-order valence-electron chi connectivity index (χ3n) is 6.31. The van der Waals surface area contributed by atoms with Crippen molar-refractivity contribution in [3.05, 3.63) is 121 Å². The molecule has 198 valence electrons. The zero-order valence-corrected chi connectivity index (χ0v) is 23.6. The lowest BCUT2D eigenvalue weighted by Crippen LogP contribution is -2.40. The Bertz CT molecular complexity index is 1700. The lowest BCUT2D eigenvalue weighted by molar-refractivity contribution is -0.138. The standard InChI is InChI=1S/C31H28N2O4S2/c1-4-36-24-14-10-9-13-22(24)19-25-29(34)33-28(21-15-17-23(38-3)18-16-21)26(30(35)37-5-2)27(32-31(33)39-25)20-11-7-6-8-12-20/h6-19,28H,4-5H2,1-3H3/b25-19-/t28-/m1/s1. The van der Waals surface area contributed by atoms with E-state index in [0.29, 0.717) is 33.0 Å². The van der Waals surface area contributed by atoms with Crippen LogP contribution >= 0.6 is 23.1 Å². The molecule has 0 aliphatic carbocycles. The number of thiazole rings is 1. The van der Waals surface area contributed by atoms with E-state index in [1.165, 1.54) is 11.3 Å². The molecular formula is C31H28N2O4S2. The SMILES string of the molecule is CCOC(=O)C1=C(c2ccccc2)N=c2s/c(=C\c3ccccc3OCC)c(=O)n2[C@@H]1c1ccc(SC)cc1. The molecular weight excluding hydrogens is 528 g/mol. The van der Waals surface area contributed by atoms with Gasteiger partial charge in [-0.05, 0) is 49.9 Å². The maximum atomic E-state index is 14.0. The highest BCUT2D eigenvalue weighted by molar-refractivity contribution is 7.98. The van der Waals surface area contributed by atoms with Crippen LogP contribution in [-0.2, 0) is 9.53 Å². The maximum Gasteiger partial charge on any atom is 0.338 e. The molecule has 0 unspecified atom stereocenters. The number of rotatable bonds is 8. The Labute approximate surface area is 235 Å². The fraction of sp³-hybridized carbons (Fsp3) is 0.194. The molecule has 1 aliphatic heterocycles. The van der Waals surface area contributed by atoms with Gasteiger partial charge in [0.1, 0.15) is 5.75 Å². The first-order chi connectivity index (χ1) is 19.0. The van der Waals surface area contributed by atoms with E-state index in [9.17, 15) is 9.59 Å². The van der Waals surface area contributed by atoms with Crippen LogP contribution in [0.3, 0.4) is 0 Å². The van der Waals surface area contributed by atoms with E-state index in [1.807, 2.05) is 98.1 Å². The second kappa shape index (κ2) is 11.9. The zero-order chi connectivity index (χ0) is 27.4. The van der Waals surface area contributed by atoms with E-state index >= 15 is 0 Å². The van der Waals surface area contributed by atoms with Crippen LogP contribution in [0.15, 0.2) is 99.1 Å². The van der Waals surface area contributed by atoms with Crippen LogP contribution in [0, 0.1) is 0 Å². The molecule has 5 rings (SSSR count). The largest absolute Gasteiger partial charge is 0.493 e. The van der Waals surface area contributed by atoms with Crippen molar-refractivity contribution in [2.24, 2.45) is 4.99 Å². The van der Waals surface area contributed by atoms with Crippen molar-refractivity contribution in [2.45, 2.75) is 24.8 Å². The average Bonchev–Trinajstić information content (AvgIpc) is 3.28. The van der Waals surface area contributed by atoms with Gasteiger partial charge in [-0.1, -0.05) is 72.0 Å². The summed E-state index contributed by atoms with van der Waals surface area (Å²) in [5, 5.41) is 0. The molecule has 1 aromatic heterocycles. The van der Waals surface area contributed by atoms with Gasteiger partial charge in [0, 0.05) is 16.0 Å². The Morgan fingerprint density at radius 3 is 2.41 bits per heavy atom. The third-order valence-corrected chi connectivity index (χ3v) is 8.04. The summed E-state index contributed by atoms with van der Waals surface area (Å²) in [6.45, 7) is 4.42. The van der Waals surface area contributed by atoms with Crippen molar-refractivity contribution in [1.82, 2.24) is 4.57 Å². The number of aromatic nitrogens is 1. The summed E-state index contributed by atoms with van der Waals surface area (Å²) in [5.74, 6) is 0.210. The number of ether oxygens (including phenoxy) is 2. The number of esters is 1. The molecule has 0 spiro atoms. The predicted octanol–water partition coefficient (Wildman–Crippen LogP) is 5.06. The Morgan fingerprint density at radius 1 is 1.00 bits per heavy atom. The van der Waals surface area contributed by atoms with Crippen LogP contribution < -0.4 is 19.6 Å². The Balaban J connectivity index is 1.81. The monoisotopic (exact) mass is 556 g/mol. The fourth-order valence-electron chi connectivity index (χ4n) is 4.57. The first-order valence-corrected chi connectivity index (χ1v) is 14.7. The van der Waals surface area contributed by atoms with Crippen LogP contribution in [-0.4, -0.2) is 30.0 Å². The molecule has 0 saturated carbocycles. The number of para-hydroxylation sites is 1. The van der Waals surface area contributed by atoms with Gasteiger partial charge < -0.3 is 9.47 Å². The second-order valence-corrected chi connectivity index (χ2v) is 10.6. The first-order valence-electron chi connectivity index (χ1n) is 12.7. The summed E-state index contributed by atoms with van der Waals surface area (Å²) >= 11 is 2.93. The summed E-state index contributed by atoms with van der Waals surface area (Å²) in [5.41, 5.74) is 3.02. The summed E-state index contributed by atoms with van der Waals surface area (Å²) in [7, 11) is 0. The summed E-state index contributed by atoms with van der Waals surface area (Å²) in [4.78, 5) is 34.1. The highest BCUT2D eigenvalue weighted by Crippen LogP contribution is 2.35. The smallest absolute Gasteiger partial charge is 0.338 e. The molecule has 3 aromatic carbocycles. The number of carbonyl (C=O) groups is 1. The minimum atomic E-state index is -0.698. The van der Waals surface area contributed by atoms with Crippen molar-refractivity contribution in [3.63, 3.8) is 0 Å². The molecule has 0 fully saturated rings. The number of hydrogen-bond donors (Lipinski definition) is 0. The molecule has 6 nitrogen and oxygen atoms in total.